The first kappa shape index (κ1) is 21.6. The molecule has 27 heavy (non-hydrogen) atoms. The number of hydrogen-bond acceptors (Lipinski definition) is 3. The smallest absolute Gasteiger partial charge is 0.201 e. The predicted octanol–water partition coefficient (Wildman–Crippen LogP) is 6.15. The normalized spacial score (nSPS) is 19.6. The van der Waals surface area contributed by atoms with Crippen molar-refractivity contribution < 1.29 is 18.3 Å². The Morgan fingerprint density at radius 3 is 2.41 bits per heavy atom. The third kappa shape index (κ3) is 7.10. The van der Waals surface area contributed by atoms with Crippen molar-refractivity contribution in [3.8, 4) is 11.8 Å². The molecule has 1 aromatic rings. The maximum atomic E-state index is 13.9. The van der Waals surface area contributed by atoms with E-state index >= 15 is 0 Å². The average Bonchev–Trinajstić information content (AvgIpc) is 2.69. The van der Waals surface area contributed by atoms with Crippen LogP contribution in [0.5, 0.6) is 5.75 Å². The van der Waals surface area contributed by atoms with Crippen LogP contribution in [-0.4, -0.2) is 19.3 Å². The zero-order valence-corrected chi connectivity index (χ0v) is 16.3. The summed E-state index contributed by atoms with van der Waals surface area (Å²) < 4.78 is 38.9. The Morgan fingerprint density at radius 1 is 1.00 bits per heavy atom. The van der Waals surface area contributed by atoms with Crippen molar-refractivity contribution in [2.24, 2.45) is 5.92 Å². The zero-order valence-electron chi connectivity index (χ0n) is 16.3. The third-order valence-corrected chi connectivity index (χ3v) is 5.29. The Balaban J connectivity index is 1.61. The lowest BCUT2D eigenvalue weighted by Crippen LogP contribution is -2.25. The molecule has 1 aliphatic rings. The van der Waals surface area contributed by atoms with Crippen LogP contribution < -0.4 is 4.74 Å². The Labute approximate surface area is 161 Å². The number of ether oxygens (including phenoxy) is 2. The zero-order chi connectivity index (χ0) is 19.5. The number of nitriles is 1. The quantitative estimate of drug-likeness (QED) is 0.433. The van der Waals surface area contributed by atoms with Gasteiger partial charge in [-0.25, -0.2) is 4.39 Å². The van der Waals surface area contributed by atoms with Gasteiger partial charge >= 0.3 is 0 Å². The highest BCUT2D eigenvalue weighted by atomic mass is 19.2. The molecule has 1 fully saturated rings. The Morgan fingerprint density at radius 2 is 1.70 bits per heavy atom. The minimum absolute atomic E-state index is 0.118. The van der Waals surface area contributed by atoms with Crippen molar-refractivity contribution in [1.29, 1.82) is 5.26 Å². The molecular formula is C22H31F2NO2. The number of nitrogens with zero attached hydrogens (tertiary/aromatic N) is 1. The summed E-state index contributed by atoms with van der Waals surface area (Å²) >= 11 is 0. The van der Waals surface area contributed by atoms with Gasteiger partial charge in [0, 0.05) is 6.61 Å². The van der Waals surface area contributed by atoms with E-state index in [0.29, 0.717) is 18.6 Å². The Kier molecular flexibility index (Phi) is 9.55. The van der Waals surface area contributed by atoms with Crippen LogP contribution in [0.3, 0.4) is 0 Å². The maximum absolute atomic E-state index is 13.9. The summed E-state index contributed by atoms with van der Waals surface area (Å²) in [6, 6.07) is 4.20. The van der Waals surface area contributed by atoms with E-state index in [2.05, 4.69) is 6.92 Å². The van der Waals surface area contributed by atoms with Crippen LogP contribution in [-0.2, 0) is 4.74 Å². The van der Waals surface area contributed by atoms with Crippen molar-refractivity contribution in [3.05, 3.63) is 29.3 Å². The topological polar surface area (TPSA) is 42.2 Å². The molecule has 1 aromatic carbocycles. The molecule has 3 nitrogen and oxygen atoms in total. The van der Waals surface area contributed by atoms with E-state index in [1.165, 1.54) is 44.2 Å². The van der Waals surface area contributed by atoms with Crippen LogP contribution in [0.2, 0.25) is 0 Å². The fourth-order valence-corrected chi connectivity index (χ4v) is 3.53. The summed E-state index contributed by atoms with van der Waals surface area (Å²) in [6.45, 7) is 3.43. The van der Waals surface area contributed by atoms with Gasteiger partial charge in [0.05, 0.1) is 18.3 Å². The lowest BCUT2D eigenvalue weighted by molar-refractivity contribution is 0.0108. The first-order chi connectivity index (χ1) is 13.2. The molecule has 5 heteroatoms. The van der Waals surface area contributed by atoms with Gasteiger partial charge in [0.25, 0.3) is 0 Å². The van der Waals surface area contributed by atoms with E-state index in [-0.39, 0.29) is 11.3 Å². The third-order valence-electron chi connectivity index (χ3n) is 5.29. The van der Waals surface area contributed by atoms with Crippen LogP contribution in [0, 0.1) is 28.9 Å². The van der Waals surface area contributed by atoms with Gasteiger partial charge in [0.15, 0.2) is 11.6 Å². The van der Waals surface area contributed by atoms with Crippen LogP contribution in [0.15, 0.2) is 12.1 Å². The number of unbranched alkanes of at least 4 members (excludes halogenated alkanes) is 5. The SMILES string of the molecule is CCCCCCCCO[C@H]1CC[C@H](COc2ccc(C#N)c(F)c2F)CC1. The summed E-state index contributed by atoms with van der Waals surface area (Å²) in [4.78, 5) is 0. The molecule has 1 aliphatic carbocycles. The molecule has 0 heterocycles. The van der Waals surface area contributed by atoms with Crippen LogP contribution >= 0.6 is 0 Å². The average molecular weight is 379 g/mol. The Bertz CT molecular complexity index is 607. The molecular weight excluding hydrogens is 348 g/mol. The maximum Gasteiger partial charge on any atom is 0.201 e. The lowest BCUT2D eigenvalue weighted by atomic mass is 9.88. The van der Waals surface area contributed by atoms with E-state index < -0.39 is 11.6 Å². The molecule has 0 N–H and O–H groups in total. The van der Waals surface area contributed by atoms with E-state index in [4.69, 9.17) is 14.7 Å². The van der Waals surface area contributed by atoms with Gasteiger partial charge < -0.3 is 9.47 Å². The lowest BCUT2D eigenvalue weighted by Gasteiger charge is -2.28. The van der Waals surface area contributed by atoms with Crippen LogP contribution in [0.4, 0.5) is 8.78 Å². The number of hydrogen-bond donors (Lipinski definition) is 0. The fourth-order valence-electron chi connectivity index (χ4n) is 3.53. The van der Waals surface area contributed by atoms with Gasteiger partial charge in [-0.1, -0.05) is 39.0 Å². The van der Waals surface area contributed by atoms with Crippen molar-refractivity contribution in [1.82, 2.24) is 0 Å². The molecule has 0 amide bonds. The molecule has 0 radical (unpaired) electrons. The number of halogens is 2. The second-order valence-electron chi connectivity index (χ2n) is 7.44. The van der Waals surface area contributed by atoms with Crippen molar-refractivity contribution in [2.75, 3.05) is 13.2 Å². The molecule has 0 bridgehead atoms. The van der Waals surface area contributed by atoms with Gasteiger partial charge in [-0.05, 0) is 50.2 Å². The molecule has 0 saturated heterocycles. The van der Waals surface area contributed by atoms with E-state index in [1.807, 2.05) is 0 Å². The number of rotatable bonds is 11. The van der Waals surface area contributed by atoms with Gasteiger partial charge in [0.1, 0.15) is 6.07 Å². The highest BCUT2D eigenvalue weighted by Crippen LogP contribution is 2.29. The fraction of sp³-hybridized carbons (Fsp3) is 0.682. The van der Waals surface area contributed by atoms with Gasteiger partial charge in [-0.2, -0.15) is 9.65 Å². The Hall–Kier alpha value is -1.67. The minimum Gasteiger partial charge on any atom is -0.490 e. The summed E-state index contributed by atoms with van der Waals surface area (Å²) in [7, 11) is 0. The minimum atomic E-state index is -1.14. The van der Waals surface area contributed by atoms with Gasteiger partial charge in [-0.3, -0.25) is 0 Å². The molecule has 0 atom stereocenters. The largest absolute Gasteiger partial charge is 0.490 e. The molecule has 0 spiro atoms. The molecule has 2 rings (SSSR count). The highest BCUT2D eigenvalue weighted by molar-refractivity contribution is 5.37. The summed E-state index contributed by atoms with van der Waals surface area (Å²) in [6.07, 6.45) is 11.9. The predicted molar refractivity (Wildman–Crippen MR) is 102 cm³/mol. The standard InChI is InChI=1S/C22H31F2NO2/c1-2-3-4-5-6-7-14-26-19-11-8-17(9-12-19)16-27-20-13-10-18(15-25)21(23)22(20)24/h10,13,17,19H,2-9,11-12,14,16H2,1H3/t17-,19-. The summed E-state index contributed by atoms with van der Waals surface area (Å²) in [5.74, 6) is -2.00. The second kappa shape index (κ2) is 11.9. The summed E-state index contributed by atoms with van der Waals surface area (Å²) in [5, 5.41) is 8.71. The molecule has 0 aromatic heterocycles. The molecule has 0 unspecified atom stereocenters. The van der Waals surface area contributed by atoms with Crippen molar-refractivity contribution in [3.63, 3.8) is 0 Å². The molecule has 150 valence electrons. The van der Waals surface area contributed by atoms with E-state index in [9.17, 15) is 8.78 Å². The van der Waals surface area contributed by atoms with Crippen molar-refractivity contribution in [2.45, 2.75) is 77.2 Å². The highest BCUT2D eigenvalue weighted by Gasteiger charge is 2.23. The van der Waals surface area contributed by atoms with E-state index in [0.717, 1.165) is 38.7 Å². The molecule has 1 saturated carbocycles. The van der Waals surface area contributed by atoms with Gasteiger partial charge in [0.2, 0.25) is 5.82 Å². The summed E-state index contributed by atoms with van der Waals surface area (Å²) in [5.41, 5.74) is -0.303. The van der Waals surface area contributed by atoms with Gasteiger partial charge in [-0.15, -0.1) is 0 Å². The van der Waals surface area contributed by atoms with E-state index in [1.54, 1.807) is 6.07 Å². The second-order valence-corrected chi connectivity index (χ2v) is 7.44. The first-order valence-electron chi connectivity index (χ1n) is 10.3. The monoisotopic (exact) mass is 379 g/mol. The molecule has 0 aliphatic heterocycles. The van der Waals surface area contributed by atoms with Crippen LogP contribution in [0.1, 0.15) is 76.7 Å². The van der Waals surface area contributed by atoms with Crippen LogP contribution in [0.25, 0.3) is 0 Å². The first-order valence-corrected chi connectivity index (χ1v) is 10.3. The van der Waals surface area contributed by atoms with Crippen molar-refractivity contribution >= 4 is 0 Å². The number of benzene rings is 1.